The highest BCUT2D eigenvalue weighted by molar-refractivity contribution is 5.99. The highest BCUT2D eigenvalue weighted by Crippen LogP contribution is 2.25. The van der Waals surface area contributed by atoms with Crippen molar-refractivity contribution in [3.8, 4) is 0 Å². The van der Waals surface area contributed by atoms with Crippen LogP contribution in [0.5, 0.6) is 0 Å². The minimum atomic E-state index is 0.0254. The fraction of sp³-hybridized carbons (Fsp3) is 0. The third kappa shape index (κ3) is 2.84. The van der Waals surface area contributed by atoms with E-state index in [2.05, 4.69) is 0 Å². The van der Waals surface area contributed by atoms with E-state index in [1.165, 1.54) is 0 Å². The molecule has 6 nitrogen and oxygen atoms in total. The molecule has 0 saturated carbocycles. The van der Waals surface area contributed by atoms with Crippen LogP contribution in [-0.2, 0) is 0 Å². The maximum Gasteiger partial charge on any atom is 0.134 e. The maximum absolute atomic E-state index is 7.50. The first-order valence-electron chi connectivity index (χ1n) is 7.94. The Morgan fingerprint density at radius 3 is 1.50 bits per heavy atom. The van der Waals surface area contributed by atoms with Crippen molar-refractivity contribution in [2.75, 3.05) is 0 Å². The van der Waals surface area contributed by atoms with Crippen molar-refractivity contribution in [2.24, 2.45) is 11.5 Å². The van der Waals surface area contributed by atoms with Crippen LogP contribution in [0.4, 0.5) is 0 Å². The molecular formula is C20H16N4O2. The fourth-order valence-electron chi connectivity index (χ4n) is 2.79. The van der Waals surface area contributed by atoms with Gasteiger partial charge in [-0.15, -0.1) is 0 Å². The van der Waals surface area contributed by atoms with Crippen LogP contribution in [-0.4, -0.2) is 11.7 Å². The van der Waals surface area contributed by atoms with Gasteiger partial charge in [0.05, 0.1) is 0 Å². The maximum atomic E-state index is 7.50. The van der Waals surface area contributed by atoms with Gasteiger partial charge in [-0.05, 0) is 60.7 Å². The van der Waals surface area contributed by atoms with Crippen LogP contribution in [0, 0.1) is 10.8 Å². The zero-order chi connectivity index (χ0) is 18.3. The number of rotatable bonds is 4. The molecule has 128 valence electrons. The number of amidine groups is 2. The summed E-state index contributed by atoms with van der Waals surface area (Å²) in [6, 6.07) is 14.5. The van der Waals surface area contributed by atoms with Crippen LogP contribution in [0.3, 0.4) is 0 Å². The minimum Gasteiger partial charge on any atom is -0.457 e. The zero-order valence-corrected chi connectivity index (χ0v) is 13.7. The predicted molar refractivity (Wildman–Crippen MR) is 103 cm³/mol. The summed E-state index contributed by atoms with van der Waals surface area (Å²) < 4.78 is 11.5. The first-order valence-corrected chi connectivity index (χ1v) is 7.94. The Kier molecular flexibility index (Phi) is 3.58. The molecule has 26 heavy (non-hydrogen) atoms. The van der Waals surface area contributed by atoms with Crippen molar-refractivity contribution in [1.82, 2.24) is 0 Å². The van der Waals surface area contributed by atoms with Gasteiger partial charge in [-0.2, -0.15) is 0 Å². The van der Waals surface area contributed by atoms with Crippen molar-refractivity contribution < 1.29 is 8.83 Å². The van der Waals surface area contributed by atoms with Crippen LogP contribution in [0.1, 0.15) is 22.6 Å². The van der Waals surface area contributed by atoms with Crippen molar-refractivity contribution in [2.45, 2.75) is 0 Å². The Morgan fingerprint density at radius 2 is 1.12 bits per heavy atom. The Morgan fingerprint density at radius 1 is 0.692 bits per heavy atom. The lowest BCUT2D eigenvalue weighted by Gasteiger charge is -1.95. The molecule has 6 heteroatoms. The van der Waals surface area contributed by atoms with Gasteiger partial charge in [0, 0.05) is 21.9 Å². The monoisotopic (exact) mass is 344 g/mol. The number of hydrogen-bond acceptors (Lipinski definition) is 4. The lowest BCUT2D eigenvalue weighted by Crippen LogP contribution is -2.10. The van der Waals surface area contributed by atoms with Gasteiger partial charge in [-0.3, -0.25) is 10.8 Å². The van der Waals surface area contributed by atoms with Crippen LogP contribution in [0.25, 0.3) is 34.1 Å². The van der Waals surface area contributed by atoms with E-state index in [4.69, 9.17) is 31.1 Å². The first-order chi connectivity index (χ1) is 12.5. The first kappa shape index (κ1) is 15.7. The van der Waals surface area contributed by atoms with Gasteiger partial charge in [-0.25, -0.2) is 0 Å². The van der Waals surface area contributed by atoms with Crippen LogP contribution >= 0.6 is 0 Å². The molecule has 0 atom stereocenters. The quantitative estimate of drug-likeness (QED) is 0.330. The SMILES string of the molecule is N=C(N)c1ccc2oc(/C=C\c3cc4cc(C(=N)N)ccc4o3)cc2c1. The summed E-state index contributed by atoms with van der Waals surface area (Å²) >= 11 is 0. The molecule has 0 fully saturated rings. The second-order valence-corrected chi connectivity index (χ2v) is 5.96. The summed E-state index contributed by atoms with van der Waals surface area (Å²) in [6.07, 6.45) is 3.63. The van der Waals surface area contributed by atoms with E-state index in [9.17, 15) is 0 Å². The molecule has 4 aromatic rings. The van der Waals surface area contributed by atoms with Crippen LogP contribution in [0.15, 0.2) is 57.4 Å². The molecule has 2 aromatic heterocycles. The molecule has 2 aromatic carbocycles. The third-order valence-electron chi connectivity index (χ3n) is 4.10. The molecular weight excluding hydrogens is 328 g/mol. The number of furan rings is 2. The smallest absolute Gasteiger partial charge is 0.134 e. The average molecular weight is 344 g/mol. The van der Waals surface area contributed by atoms with E-state index in [-0.39, 0.29) is 11.7 Å². The highest BCUT2D eigenvalue weighted by atomic mass is 16.3. The summed E-state index contributed by atoms with van der Waals surface area (Å²) in [6.45, 7) is 0. The number of hydrogen-bond donors (Lipinski definition) is 4. The molecule has 6 N–H and O–H groups in total. The molecule has 0 aliphatic heterocycles. The molecule has 0 radical (unpaired) electrons. The van der Waals surface area contributed by atoms with Crippen molar-refractivity contribution in [3.63, 3.8) is 0 Å². The predicted octanol–water partition coefficient (Wildman–Crippen LogP) is 3.92. The second kappa shape index (κ2) is 5.93. The molecule has 0 unspecified atom stereocenters. The molecule has 0 amide bonds. The van der Waals surface area contributed by atoms with Crippen molar-refractivity contribution in [1.29, 1.82) is 10.8 Å². The standard InChI is InChI=1S/C20H16N4O2/c21-19(22)11-1-5-17-13(7-11)9-15(25-17)3-4-16-10-14-8-12(20(23)24)2-6-18(14)26-16/h1-10H,(H3,21,22)(H3,23,24)/b4-3-. The van der Waals surface area contributed by atoms with E-state index in [0.29, 0.717) is 22.6 Å². The molecule has 0 spiro atoms. The third-order valence-corrected chi connectivity index (χ3v) is 4.10. The zero-order valence-electron chi connectivity index (χ0n) is 13.7. The number of nitrogens with one attached hydrogen (secondary N) is 2. The van der Waals surface area contributed by atoms with E-state index < -0.39 is 0 Å². The van der Waals surface area contributed by atoms with Gasteiger partial charge in [0.15, 0.2) is 0 Å². The average Bonchev–Trinajstić information content (AvgIpc) is 3.21. The van der Waals surface area contributed by atoms with E-state index in [0.717, 1.165) is 21.9 Å². The van der Waals surface area contributed by atoms with Gasteiger partial charge in [0.2, 0.25) is 0 Å². The number of benzene rings is 2. The highest BCUT2D eigenvalue weighted by Gasteiger charge is 2.06. The van der Waals surface area contributed by atoms with Gasteiger partial charge >= 0.3 is 0 Å². The van der Waals surface area contributed by atoms with E-state index in [1.54, 1.807) is 24.3 Å². The molecule has 0 saturated heterocycles. The van der Waals surface area contributed by atoms with E-state index in [1.807, 2.05) is 36.4 Å². The fourth-order valence-corrected chi connectivity index (χ4v) is 2.79. The number of fused-ring (bicyclic) bond motifs is 2. The molecule has 0 bridgehead atoms. The van der Waals surface area contributed by atoms with E-state index >= 15 is 0 Å². The molecule has 0 aliphatic carbocycles. The number of nitrogens with two attached hydrogens (primary N) is 2. The van der Waals surface area contributed by atoms with Gasteiger partial charge in [0.25, 0.3) is 0 Å². The topological polar surface area (TPSA) is 126 Å². The summed E-state index contributed by atoms with van der Waals surface area (Å²) in [5, 5.41) is 16.8. The summed E-state index contributed by atoms with van der Waals surface area (Å²) in [4.78, 5) is 0. The number of nitrogen functional groups attached to an aromatic ring is 2. The van der Waals surface area contributed by atoms with Crippen molar-refractivity contribution >= 4 is 45.8 Å². The van der Waals surface area contributed by atoms with Crippen molar-refractivity contribution in [3.05, 3.63) is 71.2 Å². The van der Waals surface area contributed by atoms with Gasteiger partial charge in [-0.1, -0.05) is 0 Å². The molecule has 4 rings (SSSR count). The van der Waals surface area contributed by atoms with Crippen LogP contribution < -0.4 is 11.5 Å². The largest absolute Gasteiger partial charge is 0.457 e. The Labute approximate surface area is 148 Å². The van der Waals surface area contributed by atoms with Gasteiger partial charge < -0.3 is 20.3 Å². The Hall–Kier alpha value is -3.80. The molecule has 2 heterocycles. The normalized spacial score (nSPS) is 11.5. The summed E-state index contributed by atoms with van der Waals surface area (Å²) in [7, 11) is 0. The lowest BCUT2D eigenvalue weighted by molar-refractivity contribution is 0.599. The second-order valence-electron chi connectivity index (χ2n) is 5.96. The summed E-state index contributed by atoms with van der Waals surface area (Å²) in [5.41, 5.74) is 13.8. The molecule has 0 aliphatic rings. The lowest BCUT2D eigenvalue weighted by atomic mass is 10.1. The van der Waals surface area contributed by atoms with Crippen LogP contribution in [0.2, 0.25) is 0 Å². The Balaban J connectivity index is 1.65. The summed E-state index contributed by atoms with van der Waals surface area (Å²) in [5.74, 6) is 1.39. The van der Waals surface area contributed by atoms with Gasteiger partial charge in [0.1, 0.15) is 34.4 Å². The minimum absolute atomic E-state index is 0.0254. The Bertz CT molecular complexity index is 1100.